The zero-order chi connectivity index (χ0) is 11.6. The van der Waals surface area contributed by atoms with Crippen LogP contribution in [0.4, 0.5) is 5.82 Å². The monoisotopic (exact) mass is 242 g/mol. The first-order valence-corrected chi connectivity index (χ1v) is 5.14. The molecular weight excluding hydrogens is 232 g/mol. The van der Waals surface area contributed by atoms with E-state index in [0.717, 1.165) is 0 Å². The summed E-state index contributed by atoms with van der Waals surface area (Å²) >= 11 is 5.66. The third-order valence-corrected chi connectivity index (χ3v) is 2.59. The van der Waals surface area contributed by atoms with Gasteiger partial charge in [0.1, 0.15) is 22.8 Å². The van der Waals surface area contributed by atoms with Gasteiger partial charge < -0.3 is 15.8 Å². The molecule has 1 atom stereocenters. The molecule has 7 heteroatoms. The van der Waals surface area contributed by atoms with Gasteiger partial charge in [0.25, 0.3) is 0 Å². The minimum atomic E-state index is -0.975. The fraction of sp³-hybridized carbons (Fsp3) is 0.444. The second kappa shape index (κ2) is 4.32. The summed E-state index contributed by atoms with van der Waals surface area (Å²) in [6.45, 7) is 0.714. The third-order valence-electron chi connectivity index (χ3n) is 2.38. The molecule has 0 bridgehead atoms. The van der Waals surface area contributed by atoms with Crippen LogP contribution >= 0.6 is 11.6 Å². The van der Waals surface area contributed by atoms with Crippen molar-refractivity contribution in [3.8, 4) is 0 Å². The Morgan fingerprint density at radius 3 is 3.06 bits per heavy atom. The lowest BCUT2D eigenvalue weighted by Crippen LogP contribution is -2.51. The van der Waals surface area contributed by atoms with Gasteiger partial charge in [0.15, 0.2) is 0 Å². The zero-order valence-corrected chi connectivity index (χ0v) is 9.20. The molecule has 1 aliphatic heterocycles. The Morgan fingerprint density at radius 2 is 2.44 bits per heavy atom. The number of hydrogen-bond donors (Lipinski definition) is 2. The van der Waals surface area contributed by atoms with Gasteiger partial charge in [0.05, 0.1) is 6.61 Å². The maximum atomic E-state index is 11.8. The van der Waals surface area contributed by atoms with Gasteiger partial charge in [0, 0.05) is 12.7 Å². The highest BCUT2D eigenvalue weighted by atomic mass is 35.5. The SMILES string of the molecule is NC1(C(=O)Nc2cc(Cl)ncn2)CCOC1. The standard InChI is InChI=1S/C9H11ClN4O2/c10-6-3-7(13-5-12-6)14-8(15)9(11)1-2-16-4-9/h3,5H,1-2,4,11H2,(H,12,13,14,15). The Hall–Kier alpha value is -1.24. The molecule has 1 aliphatic rings. The van der Waals surface area contributed by atoms with Gasteiger partial charge in [0.2, 0.25) is 5.91 Å². The summed E-state index contributed by atoms with van der Waals surface area (Å²) in [6.07, 6.45) is 1.77. The van der Waals surface area contributed by atoms with Gasteiger partial charge in [-0.15, -0.1) is 0 Å². The maximum Gasteiger partial charge on any atom is 0.248 e. The molecule has 1 amide bonds. The number of nitrogens with zero attached hydrogens (tertiary/aromatic N) is 2. The first kappa shape index (κ1) is 11.3. The van der Waals surface area contributed by atoms with Crippen LogP contribution in [0.5, 0.6) is 0 Å². The summed E-state index contributed by atoms with van der Waals surface area (Å²) in [5.41, 5.74) is 4.90. The van der Waals surface area contributed by atoms with Crippen LogP contribution in [-0.4, -0.2) is 34.6 Å². The van der Waals surface area contributed by atoms with E-state index in [1.165, 1.54) is 12.4 Å². The minimum Gasteiger partial charge on any atom is -0.379 e. The van der Waals surface area contributed by atoms with Crippen molar-refractivity contribution in [3.63, 3.8) is 0 Å². The Labute approximate surface area is 97.2 Å². The fourth-order valence-corrected chi connectivity index (χ4v) is 1.55. The van der Waals surface area contributed by atoms with Crippen molar-refractivity contribution in [2.45, 2.75) is 12.0 Å². The van der Waals surface area contributed by atoms with Crippen LogP contribution in [0.15, 0.2) is 12.4 Å². The second-order valence-electron chi connectivity index (χ2n) is 3.64. The number of halogens is 1. The van der Waals surface area contributed by atoms with Crippen LogP contribution in [0.1, 0.15) is 6.42 Å². The molecule has 1 aromatic heterocycles. The number of hydrogen-bond acceptors (Lipinski definition) is 5. The van der Waals surface area contributed by atoms with Gasteiger partial charge in [-0.3, -0.25) is 4.79 Å². The van der Waals surface area contributed by atoms with Crippen LogP contribution in [0, 0.1) is 0 Å². The van der Waals surface area contributed by atoms with E-state index in [4.69, 9.17) is 22.1 Å². The number of carbonyl (C=O) groups excluding carboxylic acids is 1. The molecule has 0 aliphatic carbocycles. The number of carbonyl (C=O) groups is 1. The van der Waals surface area contributed by atoms with Crippen molar-refractivity contribution in [1.82, 2.24) is 9.97 Å². The van der Waals surface area contributed by atoms with Crippen LogP contribution in [0.3, 0.4) is 0 Å². The number of amides is 1. The fourth-order valence-electron chi connectivity index (χ4n) is 1.40. The summed E-state index contributed by atoms with van der Waals surface area (Å²) in [7, 11) is 0. The van der Waals surface area contributed by atoms with Crippen LogP contribution in [0.2, 0.25) is 5.15 Å². The average molecular weight is 243 g/mol. The van der Waals surface area contributed by atoms with Crippen molar-refractivity contribution >= 4 is 23.3 Å². The number of anilines is 1. The molecule has 1 unspecified atom stereocenters. The summed E-state index contributed by atoms with van der Waals surface area (Å²) in [5.74, 6) is 0.0153. The molecule has 86 valence electrons. The Balaban J connectivity index is 2.07. The van der Waals surface area contributed by atoms with Crippen LogP contribution in [-0.2, 0) is 9.53 Å². The molecule has 1 aromatic rings. The third kappa shape index (κ3) is 2.29. The van der Waals surface area contributed by atoms with Gasteiger partial charge in [-0.2, -0.15) is 0 Å². The zero-order valence-electron chi connectivity index (χ0n) is 8.44. The van der Waals surface area contributed by atoms with E-state index >= 15 is 0 Å². The van der Waals surface area contributed by atoms with Crippen molar-refractivity contribution in [3.05, 3.63) is 17.5 Å². The maximum absolute atomic E-state index is 11.8. The predicted molar refractivity (Wildman–Crippen MR) is 58.0 cm³/mol. The summed E-state index contributed by atoms with van der Waals surface area (Å²) in [4.78, 5) is 19.4. The molecule has 6 nitrogen and oxygen atoms in total. The van der Waals surface area contributed by atoms with Crippen LogP contribution < -0.4 is 11.1 Å². The van der Waals surface area contributed by atoms with Crippen molar-refractivity contribution in [2.24, 2.45) is 5.73 Å². The molecule has 1 saturated heterocycles. The van der Waals surface area contributed by atoms with Gasteiger partial charge in [-0.25, -0.2) is 9.97 Å². The number of nitrogens with two attached hydrogens (primary N) is 1. The lowest BCUT2D eigenvalue weighted by Gasteiger charge is -2.19. The number of nitrogens with one attached hydrogen (secondary N) is 1. The van der Waals surface area contributed by atoms with Gasteiger partial charge >= 0.3 is 0 Å². The largest absolute Gasteiger partial charge is 0.379 e. The number of rotatable bonds is 2. The van der Waals surface area contributed by atoms with Gasteiger partial charge in [-0.1, -0.05) is 11.6 Å². The topological polar surface area (TPSA) is 90.1 Å². The highest BCUT2D eigenvalue weighted by Gasteiger charge is 2.38. The first-order chi connectivity index (χ1) is 7.60. The van der Waals surface area contributed by atoms with E-state index in [-0.39, 0.29) is 17.7 Å². The van der Waals surface area contributed by atoms with E-state index in [0.29, 0.717) is 18.8 Å². The second-order valence-corrected chi connectivity index (χ2v) is 4.03. The van der Waals surface area contributed by atoms with Gasteiger partial charge in [-0.05, 0) is 6.42 Å². The summed E-state index contributed by atoms with van der Waals surface area (Å²) in [5, 5.41) is 2.85. The molecular formula is C9H11ClN4O2. The van der Waals surface area contributed by atoms with E-state index in [2.05, 4.69) is 15.3 Å². The summed E-state index contributed by atoms with van der Waals surface area (Å²) in [6, 6.07) is 1.46. The predicted octanol–water partition coefficient (Wildman–Crippen LogP) is 0.186. The Morgan fingerprint density at radius 1 is 1.62 bits per heavy atom. The van der Waals surface area contributed by atoms with E-state index in [1.54, 1.807) is 0 Å². The van der Waals surface area contributed by atoms with Crippen molar-refractivity contribution < 1.29 is 9.53 Å². The smallest absolute Gasteiger partial charge is 0.248 e. The van der Waals surface area contributed by atoms with Crippen LogP contribution in [0.25, 0.3) is 0 Å². The molecule has 0 aromatic carbocycles. The lowest BCUT2D eigenvalue weighted by molar-refractivity contribution is -0.121. The summed E-state index contributed by atoms with van der Waals surface area (Å²) < 4.78 is 5.10. The molecule has 0 spiro atoms. The van der Waals surface area contributed by atoms with E-state index in [1.807, 2.05) is 0 Å². The molecule has 2 heterocycles. The average Bonchev–Trinajstić information content (AvgIpc) is 2.66. The normalized spacial score (nSPS) is 24.4. The Kier molecular flexibility index (Phi) is 3.04. The molecule has 16 heavy (non-hydrogen) atoms. The molecule has 0 saturated carbocycles. The highest BCUT2D eigenvalue weighted by molar-refractivity contribution is 6.29. The molecule has 1 fully saturated rings. The minimum absolute atomic E-state index is 0.220. The molecule has 2 rings (SSSR count). The Bertz CT molecular complexity index is 406. The van der Waals surface area contributed by atoms with Crippen molar-refractivity contribution in [2.75, 3.05) is 18.5 Å². The molecule has 3 N–H and O–H groups in total. The van der Waals surface area contributed by atoms with E-state index in [9.17, 15) is 4.79 Å². The number of ether oxygens (including phenoxy) is 1. The molecule has 0 radical (unpaired) electrons. The number of aromatic nitrogens is 2. The quantitative estimate of drug-likeness (QED) is 0.723. The lowest BCUT2D eigenvalue weighted by atomic mass is 9.99. The van der Waals surface area contributed by atoms with Crippen molar-refractivity contribution in [1.29, 1.82) is 0 Å². The highest BCUT2D eigenvalue weighted by Crippen LogP contribution is 2.18. The van der Waals surface area contributed by atoms with E-state index < -0.39 is 5.54 Å². The first-order valence-electron chi connectivity index (χ1n) is 4.76.